The lowest BCUT2D eigenvalue weighted by Crippen LogP contribution is -2.33. The molecule has 0 unspecified atom stereocenters. The van der Waals surface area contributed by atoms with Crippen molar-refractivity contribution in [2.45, 2.75) is 6.18 Å². The number of hydrogen-bond donors (Lipinski definition) is 2. The lowest BCUT2D eigenvalue weighted by molar-refractivity contribution is -0.138. The maximum atomic E-state index is 12.8. The number of alkyl halides is 3. The zero-order chi connectivity index (χ0) is 20.9. The van der Waals surface area contributed by atoms with Crippen LogP contribution in [0.15, 0.2) is 59.2 Å². The molecular weight excluding hydrogens is 379 g/mol. The fraction of sp³-hybridized carbons (Fsp3) is 0.176. The Morgan fingerprint density at radius 2 is 1.86 bits per heavy atom. The highest BCUT2D eigenvalue weighted by Gasteiger charge is 2.38. The van der Waals surface area contributed by atoms with Gasteiger partial charge < -0.3 is 20.8 Å². The van der Waals surface area contributed by atoms with Gasteiger partial charge in [0.2, 0.25) is 0 Å². The summed E-state index contributed by atoms with van der Waals surface area (Å²) in [5.41, 5.74) is 8.31. The number of hydrogen-bond acceptors (Lipinski definition) is 6. The topological polar surface area (TPSA) is 126 Å². The predicted octanol–water partition coefficient (Wildman–Crippen LogP) is 1.36. The summed E-state index contributed by atoms with van der Waals surface area (Å²) in [7, 11) is 1.08. The van der Waals surface area contributed by atoms with E-state index in [1.165, 1.54) is 12.1 Å². The minimum Gasteiger partial charge on any atom is -0.454 e. The minimum absolute atomic E-state index is 0.197. The van der Waals surface area contributed by atoms with Crippen LogP contribution in [0.5, 0.6) is 0 Å². The molecule has 8 nitrogen and oxygen atoms in total. The summed E-state index contributed by atoms with van der Waals surface area (Å²) < 4.78 is 44.8. The van der Waals surface area contributed by atoms with Gasteiger partial charge in [0, 0.05) is 30.7 Å². The van der Waals surface area contributed by atoms with Crippen LogP contribution in [0.4, 0.5) is 13.2 Å². The van der Waals surface area contributed by atoms with Gasteiger partial charge in [0.25, 0.3) is 0 Å². The average Bonchev–Trinajstić information content (AvgIpc) is 3.20. The predicted molar refractivity (Wildman–Crippen MR) is 93.7 cm³/mol. The molecule has 0 atom stereocenters. The molecule has 0 bridgehead atoms. The Balaban J connectivity index is 2.11. The number of ether oxygens (including phenoxy) is 1. The molecule has 0 amide bonds. The Morgan fingerprint density at radius 3 is 2.36 bits per heavy atom. The van der Waals surface area contributed by atoms with E-state index < -0.39 is 41.6 Å². The summed E-state index contributed by atoms with van der Waals surface area (Å²) >= 11 is 0. The molecule has 1 aromatic carbocycles. The van der Waals surface area contributed by atoms with E-state index >= 15 is 0 Å². The molecule has 1 heterocycles. The van der Waals surface area contributed by atoms with Crippen LogP contribution in [0.25, 0.3) is 5.69 Å². The number of nitrogens with two attached hydrogens (primary N) is 2. The first-order valence-electron chi connectivity index (χ1n) is 7.73. The smallest absolute Gasteiger partial charge is 0.431 e. The Morgan fingerprint density at radius 1 is 1.21 bits per heavy atom. The van der Waals surface area contributed by atoms with Gasteiger partial charge in [-0.05, 0) is 24.3 Å². The first-order chi connectivity index (χ1) is 13.1. The van der Waals surface area contributed by atoms with Gasteiger partial charge in [0.15, 0.2) is 12.4 Å². The van der Waals surface area contributed by atoms with Gasteiger partial charge in [-0.25, -0.2) is 9.78 Å². The molecule has 0 aliphatic heterocycles. The fourth-order valence-corrected chi connectivity index (χ4v) is 2.12. The van der Waals surface area contributed by atoms with Crippen molar-refractivity contribution in [3.63, 3.8) is 0 Å². The Bertz CT molecular complexity index is 917. The van der Waals surface area contributed by atoms with Crippen LogP contribution in [0, 0.1) is 0 Å². The van der Waals surface area contributed by atoms with Crippen LogP contribution >= 0.6 is 0 Å². The second-order valence-corrected chi connectivity index (χ2v) is 5.41. The number of aromatic nitrogens is 2. The van der Waals surface area contributed by atoms with Gasteiger partial charge in [-0.2, -0.15) is 13.2 Å². The number of Topliss-reactive ketones (excluding diaryl/α,β-unsaturated/α-hetero) is 1. The normalized spacial score (nSPS) is 13.1. The number of rotatable bonds is 6. The van der Waals surface area contributed by atoms with E-state index in [1.54, 1.807) is 35.4 Å². The van der Waals surface area contributed by atoms with Gasteiger partial charge in [-0.3, -0.25) is 9.79 Å². The van der Waals surface area contributed by atoms with E-state index in [4.69, 9.17) is 11.5 Å². The third-order valence-electron chi connectivity index (χ3n) is 3.60. The number of benzene rings is 1. The lowest BCUT2D eigenvalue weighted by atomic mass is 10.1. The van der Waals surface area contributed by atoms with Crippen molar-refractivity contribution in [3.05, 3.63) is 59.8 Å². The van der Waals surface area contributed by atoms with Crippen molar-refractivity contribution in [2.75, 3.05) is 13.7 Å². The molecule has 28 heavy (non-hydrogen) atoms. The SMILES string of the molecule is CN=C(N)C(C(=O)OCC(=O)c1ccc(-n2ccnc2)cc1)=C(N)C(F)(F)F. The molecule has 2 aromatic rings. The third-order valence-corrected chi connectivity index (χ3v) is 3.60. The molecule has 0 radical (unpaired) electrons. The second kappa shape index (κ2) is 8.37. The van der Waals surface area contributed by atoms with Crippen molar-refractivity contribution >= 4 is 17.6 Å². The van der Waals surface area contributed by atoms with E-state index in [0.29, 0.717) is 0 Å². The zero-order valence-electron chi connectivity index (χ0n) is 14.6. The van der Waals surface area contributed by atoms with Crippen molar-refractivity contribution in [2.24, 2.45) is 16.5 Å². The average molecular weight is 395 g/mol. The number of amidine groups is 1. The van der Waals surface area contributed by atoms with Crippen LogP contribution in [0.3, 0.4) is 0 Å². The number of ketones is 1. The number of nitrogens with zero attached hydrogens (tertiary/aromatic N) is 3. The quantitative estimate of drug-likeness (QED) is 0.250. The van der Waals surface area contributed by atoms with Crippen LogP contribution in [-0.2, 0) is 9.53 Å². The molecule has 2 rings (SSSR count). The van der Waals surface area contributed by atoms with Gasteiger partial charge in [-0.15, -0.1) is 0 Å². The summed E-state index contributed by atoms with van der Waals surface area (Å²) in [5.74, 6) is -2.87. The molecule has 11 heteroatoms. The number of halogens is 3. The van der Waals surface area contributed by atoms with E-state index in [0.717, 1.165) is 12.7 Å². The van der Waals surface area contributed by atoms with Gasteiger partial charge in [0.1, 0.15) is 17.1 Å². The number of imidazole rings is 1. The molecule has 1 aromatic heterocycles. The van der Waals surface area contributed by atoms with Crippen LogP contribution < -0.4 is 11.5 Å². The standard InChI is InChI=1S/C17H16F3N5O3/c1-23-15(22)13(14(21)17(18,19)20)16(27)28-8-12(26)10-2-4-11(5-3-10)25-7-6-24-9-25/h2-7,9H,8,21H2,1H3,(H2,22,23). The molecule has 148 valence electrons. The van der Waals surface area contributed by atoms with E-state index in [2.05, 4.69) is 14.7 Å². The zero-order valence-corrected chi connectivity index (χ0v) is 14.6. The maximum Gasteiger partial charge on any atom is 0.431 e. The molecular formula is C17H16F3N5O3. The molecule has 0 fully saturated rings. The summed E-state index contributed by atoms with van der Waals surface area (Å²) in [6, 6.07) is 6.22. The summed E-state index contributed by atoms with van der Waals surface area (Å²) in [4.78, 5) is 31.4. The number of allylic oxidation sites excluding steroid dienone is 1. The third kappa shape index (κ3) is 4.75. The van der Waals surface area contributed by atoms with Gasteiger partial charge in [-0.1, -0.05) is 0 Å². The summed E-state index contributed by atoms with van der Waals surface area (Å²) in [5, 5.41) is 0. The maximum absolute atomic E-state index is 12.8. The Labute approximate surface area is 157 Å². The van der Waals surface area contributed by atoms with E-state index in [1.807, 2.05) is 0 Å². The monoisotopic (exact) mass is 395 g/mol. The van der Waals surface area contributed by atoms with Gasteiger partial charge >= 0.3 is 12.1 Å². The van der Waals surface area contributed by atoms with Crippen molar-refractivity contribution < 1.29 is 27.5 Å². The molecule has 4 N–H and O–H groups in total. The van der Waals surface area contributed by atoms with E-state index in [-0.39, 0.29) is 5.56 Å². The fourth-order valence-electron chi connectivity index (χ4n) is 2.12. The van der Waals surface area contributed by atoms with Gasteiger partial charge in [0.05, 0.1) is 6.33 Å². The largest absolute Gasteiger partial charge is 0.454 e. The highest BCUT2D eigenvalue weighted by atomic mass is 19.4. The number of aliphatic imine (C=N–C) groups is 1. The van der Waals surface area contributed by atoms with Crippen LogP contribution in [0.1, 0.15) is 10.4 Å². The summed E-state index contributed by atoms with van der Waals surface area (Å²) in [6.07, 6.45) is -0.160. The number of esters is 1. The Hall–Kier alpha value is -3.63. The summed E-state index contributed by atoms with van der Waals surface area (Å²) in [6.45, 7) is -0.797. The highest BCUT2D eigenvalue weighted by Crippen LogP contribution is 2.25. The minimum atomic E-state index is -5.02. The van der Waals surface area contributed by atoms with Crippen molar-refractivity contribution in [3.8, 4) is 5.69 Å². The second-order valence-electron chi connectivity index (χ2n) is 5.41. The molecule has 0 aliphatic rings. The van der Waals surface area contributed by atoms with Crippen molar-refractivity contribution in [1.82, 2.24) is 9.55 Å². The first-order valence-corrected chi connectivity index (χ1v) is 7.73. The first kappa shape index (κ1) is 20.7. The number of carbonyl (C=O) groups is 2. The molecule has 0 saturated heterocycles. The van der Waals surface area contributed by atoms with E-state index in [9.17, 15) is 22.8 Å². The Kier molecular flexibility index (Phi) is 6.18. The van der Waals surface area contributed by atoms with Crippen LogP contribution in [-0.4, -0.2) is 47.0 Å². The van der Waals surface area contributed by atoms with Crippen LogP contribution in [0.2, 0.25) is 0 Å². The molecule has 0 spiro atoms. The number of carbonyl (C=O) groups excluding carboxylic acids is 2. The van der Waals surface area contributed by atoms with Crippen molar-refractivity contribution in [1.29, 1.82) is 0 Å². The lowest BCUT2D eigenvalue weighted by Gasteiger charge is -2.13. The molecule has 0 saturated carbocycles. The highest BCUT2D eigenvalue weighted by molar-refractivity contribution is 6.19. The molecule has 0 aliphatic carbocycles.